The van der Waals surface area contributed by atoms with Crippen LogP contribution >= 0.6 is 0 Å². The van der Waals surface area contributed by atoms with Crippen LogP contribution in [0.1, 0.15) is 74.3 Å². The normalized spacial score (nSPS) is 19.7. The quantitative estimate of drug-likeness (QED) is 0.646. The van der Waals surface area contributed by atoms with E-state index < -0.39 is 0 Å². The number of fused-ring (bicyclic) bond motifs is 1. The number of amides is 2. The van der Waals surface area contributed by atoms with E-state index in [4.69, 9.17) is 4.74 Å². The van der Waals surface area contributed by atoms with E-state index >= 15 is 0 Å². The monoisotopic (exact) mass is 480 g/mol. The molecule has 3 heterocycles. The Morgan fingerprint density at radius 2 is 1.86 bits per heavy atom. The molecule has 1 aromatic heterocycles. The first-order valence-corrected chi connectivity index (χ1v) is 13.3. The number of para-hydroxylation sites is 1. The molecule has 0 aliphatic carbocycles. The Bertz CT molecular complexity index is 994. The lowest BCUT2D eigenvalue weighted by Crippen LogP contribution is -2.48. The molecule has 0 radical (unpaired) electrons. The molecule has 0 atom stereocenters. The minimum absolute atomic E-state index is 0.0247. The lowest BCUT2D eigenvalue weighted by atomic mass is 9.73. The van der Waals surface area contributed by atoms with Gasteiger partial charge in [0, 0.05) is 45.8 Å². The van der Waals surface area contributed by atoms with E-state index in [1.54, 1.807) is 0 Å². The van der Waals surface area contributed by atoms with Gasteiger partial charge in [-0.25, -0.2) is 0 Å². The summed E-state index contributed by atoms with van der Waals surface area (Å²) in [4.78, 5) is 29.8. The van der Waals surface area contributed by atoms with Crippen molar-refractivity contribution in [1.82, 2.24) is 19.6 Å². The fraction of sp³-hybridized carbons (Fsp3) is 0.607. The highest BCUT2D eigenvalue weighted by Gasteiger charge is 2.37. The van der Waals surface area contributed by atoms with Crippen LogP contribution in [0.3, 0.4) is 0 Å². The number of rotatable bonds is 3. The van der Waals surface area contributed by atoms with Crippen LogP contribution in [0.25, 0.3) is 0 Å². The summed E-state index contributed by atoms with van der Waals surface area (Å²) in [6, 6.07) is 10.1. The van der Waals surface area contributed by atoms with Crippen LogP contribution in [0.4, 0.5) is 0 Å². The van der Waals surface area contributed by atoms with Crippen molar-refractivity contribution in [2.45, 2.75) is 71.3 Å². The first-order chi connectivity index (χ1) is 17.0. The number of hydrogen-bond donors (Lipinski definition) is 0. The molecule has 190 valence electrons. The van der Waals surface area contributed by atoms with Gasteiger partial charge >= 0.3 is 0 Å². The van der Waals surface area contributed by atoms with Crippen LogP contribution in [-0.2, 0) is 17.8 Å². The average Bonchev–Trinajstić information content (AvgIpc) is 3.33. The van der Waals surface area contributed by atoms with Gasteiger partial charge in [-0.05, 0) is 68.1 Å². The number of aryl methyl sites for hydroxylation is 2. The summed E-state index contributed by atoms with van der Waals surface area (Å²) in [6.45, 7) is 5.70. The van der Waals surface area contributed by atoms with E-state index in [2.05, 4.69) is 24.2 Å². The van der Waals surface area contributed by atoms with Crippen LogP contribution in [0.15, 0.2) is 36.5 Å². The molecule has 1 fully saturated rings. The number of carbonyl (C=O) groups is 2. The van der Waals surface area contributed by atoms with Crippen molar-refractivity contribution < 1.29 is 14.3 Å². The summed E-state index contributed by atoms with van der Waals surface area (Å²) in [5, 5.41) is 4.47. The zero-order valence-electron chi connectivity index (χ0n) is 21.4. The highest BCUT2D eigenvalue weighted by molar-refractivity contribution is 5.92. The lowest BCUT2D eigenvalue weighted by molar-refractivity contribution is -0.132. The second kappa shape index (κ2) is 11.7. The van der Waals surface area contributed by atoms with Crippen molar-refractivity contribution in [1.29, 1.82) is 0 Å². The van der Waals surface area contributed by atoms with Gasteiger partial charge in [-0.15, -0.1) is 0 Å². The minimum atomic E-state index is 0.0247. The Morgan fingerprint density at radius 1 is 1.06 bits per heavy atom. The highest BCUT2D eigenvalue weighted by atomic mass is 16.5. The molecule has 35 heavy (non-hydrogen) atoms. The first kappa shape index (κ1) is 25.3. The number of nitrogens with zero attached hydrogens (tertiary/aromatic N) is 4. The summed E-state index contributed by atoms with van der Waals surface area (Å²) < 4.78 is 7.84. The van der Waals surface area contributed by atoms with Crippen molar-refractivity contribution in [3.63, 3.8) is 0 Å². The summed E-state index contributed by atoms with van der Waals surface area (Å²) in [7, 11) is 1.93. The van der Waals surface area contributed by atoms with Gasteiger partial charge in [0.05, 0.1) is 6.61 Å². The van der Waals surface area contributed by atoms with E-state index in [1.165, 1.54) is 5.56 Å². The van der Waals surface area contributed by atoms with Gasteiger partial charge in [-0.2, -0.15) is 5.10 Å². The topological polar surface area (TPSA) is 67.7 Å². The van der Waals surface area contributed by atoms with Crippen LogP contribution in [0, 0.1) is 5.41 Å². The van der Waals surface area contributed by atoms with Gasteiger partial charge < -0.3 is 14.5 Å². The molecule has 2 aliphatic heterocycles. The molecule has 7 nitrogen and oxygen atoms in total. The zero-order valence-corrected chi connectivity index (χ0v) is 21.4. The van der Waals surface area contributed by atoms with Crippen LogP contribution in [0.2, 0.25) is 0 Å². The second-order valence-corrected chi connectivity index (χ2v) is 10.3. The maximum Gasteiger partial charge on any atom is 0.274 e. The molecule has 0 saturated carbocycles. The van der Waals surface area contributed by atoms with Crippen LogP contribution < -0.4 is 4.74 Å². The molecule has 2 aromatic rings. The van der Waals surface area contributed by atoms with Gasteiger partial charge in [0.15, 0.2) is 0 Å². The van der Waals surface area contributed by atoms with E-state index in [-0.39, 0.29) is 17.2 Å². The largest absolute Gasteiger partial charge is 0.493 e. The molecule has 1 spiro atoms. The van der Waals surface area contributed by atoms with E-state index in [0.29, 0.717) is 18.7 Å². The third kappa shape index (κ3) is 6.44. The Kier molecular flexibility index (Phi) is 8.47. The maximum atomic E-state index is 13.1. The number of piperidine rings is 1. The molecule has 1 aromatic carbocycles. The van der Waals surface area contributed by atoms with Crippen LogP contribution in [-0.4, -0.2) is 64.7 Å². The summed E-state index contributed by atoms with van der Waals surface area (Å²) >= 11 is 0. The number of hydrogen-bond acceptors (Lipinski definition) is 4. The molecule has 2 amide bonds. The fourth-order valence-electron chi connectivity index (χ4n) is 5.52. The van der Waals surface area contributed by atoms with E-state index in [1.807, 2.05) is 45.9 Å². The molecule has 1 saturated heterocycles. The van der Waals surface area contributed by atoms with Crippen LogP contribution in [0.5, 0.6) is 5.75 Å². The fourth-order valence-corrected chi connectivity index (χ4v) is 5.52. The summed E-state index contributed by atoms with van der Waals surface area (Å²) in [6.07, 6.45) is 10.2. The molecule has 0 unspecified atom stereocenters. The van der Waals surface area contributed by atoms with Gasteiger partial charge in [0.25, 0.3) is 5.91 Å². The predicted molar refractivity (Wildman–Crippen MR) is 136 cm³/mol. The molecule has 4 rings (SSSR count). The van der Waals surface area contributed by atoms with Crippen molar-refractivity contribution in [2.24, 2.45) is 5.41 Å². The molecular weight excluding hydrogens is 440 g/mol. The number of aromatic nitrogens is 2. The third-order valence-corrected chi connectivity index (χ3v) is 7.59. The Morgan fingerprint density at radius 3 is 2.66 bits per heavy atom. The van der Waals surface area contributed by atoms with Crippen molar-refractivity contribution >= 4 is 11.8 Å². The number of carbonyl (C=O) groups excluding carboxylic acids is 2. The summed E-state index contributed by atoms with van der Waals surface area (Å²) in [5.41, 5.74) is 1.85. The lowest BCUT2D eigenvalue weighted by Gasteiger charge is -2.44. The highest BCUT2D eigenvalue weighted by Crippen LogP contribution is 2.38. The third-order valence-electron chi connectivity index (χ3n) is 7.59. The second-order valence-electron chi connectivity index (χ2n) is 10.3. The van der Waals surface area contributed by atoms with Gasteiger partial charge in [0.1, 0.15) is 11.4 Å². The first-order valence-electron chi connectivity index (χ1n) is 13.3. The van der Waals surface area contributed by atoms with Crippen molar-refractivity contribution in [2.75, 3.05) is 33.3 Å². The Labute approximate surface area is 209 Å². The average molecular weight is 481 g/mol. The van der Waals surface area contributed by atoms with Crippen molar-refractivity contribution in [3.05, 3.63) is 47.8 Å². The van der Waals surface area contributed by atoms with E-state index in [9.17, 15) is 9.59 Å². The molecule has 2 aliphatic rings. The maximum absolute atomic E-state index is 13.1. The predicted octanol–water partition coefficient (Wildman–Crippen LogP) is 4.56. The minimum Gasteiger partial charge on any atom is -0.493 e. The SMILES string of the molecule is CCCn1ccc(C(=O)N2CCC3(CCCCc4ccccc4OCCCC(=O)N(C)C3)CC2)n1. The smallest absolute Gasteiger partial charge is 0.274 e. The van der Waals surface area contributed by atoms with Crippen molar-refractivity contribution in [3.8, 4) is 5.75 Å². The number of benzene rings is 1. The summed E-state index contributed by atoms with van der Waals surface area (Å²) in [5.74, 6) is 1.16. The Balaban J connectivity index is 1.42. The molecule has 7 heteroatoms. The number of ether oxygens (including phenoxy) is 1. The zero-order chi connectivity index (χ0) is 24.7. The molecule has 0 bridgehead atoms. The Hall–Kier alpha value is -2.83. The van der Waals surface area contributed by atoms with Gasteiger partial charge in [0.2, 0.25) is 5.91 Å². The van der Waals surface area contributed by atoms with Gasteiger partial charge in [-0.3, -0.25) is 14.3 Å². The van der Waals surface area contributed by atoms with E-state index in [0.717, 1.165) is 83.3 Å². The van der Waals surface area contributed by atoms with Gasteiger partial charge in [-0.1, -0.05) is 31.5 Å². The standard InChI is InChI=1S/C28H40N4O3/c1-3-17-32-18-13-24(29-32)27(34)31-19-15-28(16-20-31)14-7-6-10-23-9-4-5-11-25(23)35-21-8-12-26(33)30(2)22-28/h4-5,9,11,13,18H,3,6-8,10,12,14-17,19-22H2,1-2H3. The molecule has 0 N–H and O–H groups in total. The molecular formula is C28H40N4O3. The number of likely N-dealkylation sites (tertiary alicyclic amines) is 1.